The van der Waals surface area contributed by atoms with E-state index >= 15 is 0 Å². The minimum Gasteiger partial charge on any atom is -0.276 e. The van der Waals surface area contributed by atoms with Crippen molar-refractivity contribution in [1.82, 2.24) is 16.0 Å². The van der Waals surface area contributed by atoms with Crippen molar-refractivity contribution in [3.05, 3.63) is 36.0 Å². The molecule has 0 bridgehead atoms. The Bertz CT molecular complexity index is 681. The number of carbonyl (C=O) groups excluding carboxylic acids is 1. The van der Waals surface area contributed by atoms with Crippen LogP contribution in [0.25, 0.3) is 10.9 Å². The van der Waals surface area contributed by atoms with E-state index in [0.29, 0.717) is 5.69 Å². The summed E-state index contributed by atoms with van der Waals surface area (Å²) in [4.78, 5) is 21.9. The Hall–Kier alpha value is -2.22. The molecule has 118 valence electrons. The molecular formula is C15H21N5O2. The molecule has 2 aromatic rings. The molecule has 2 amide bonds. The lowest BCUT2D eigenvalue weighted by atomic mass is 10.2. The van der Waals surface area contributed by atoms with Gasteiger partial charge >= 0.3 is 6.03 Å². The van der Waals surface area contributed by atoms with Crippen molar-refractivity contribution in [1.29, 1.82) is 0 Å². The average Bonchev–Trinajstić information content (AvgIpc) is 2.45. The van der Waals surface area contributed by atoms with Crippen LogP contribution >= 0.6 is 0 Å². The topological polar surface area (TPSA) is 92.5 Å². The molecule has 7 heteroatoms. The maximum atomic E-state index is 12.0. The molecule has 0 aliphatic rings. The van der Waals surface area contributed by atoms with Gasteiger partial charge in [-0.25, -0.2) is 15.6 Å². The molecule has 1 aromatic heterocycles. The number of anilines is 1. The first-order valence-corrected chi connectivity index (χ1v) is 6.92. The normalized spacial score (nSPS) is 11.5. The van der Waals surface area contributed by atoms with Crippen molar-refractivity contribution in [3.63, 3.8) is 0 Å². The lowest BCUT2D eigenvalue weighted by molar-refractivity contribution is -0.0730. The number of hydrogen-bond donors (Lipinski definition) is 3. The molecule has 1 heterocycles. The van der Waals surface area contributed by atoms with Crippen LogP contribution in [0.1, 0.15) is 26.5 Å². The molecule has 0 unspecified atom stereocenters. The molecule has 0 atom stereocenters. The summed E-state index contributed by atoms with van der Waals surface area (Å²) in [5.74, 6) is 5.23. The predicted octanol–water partition coefficient (Wildman–Crippen LogP) is 2.17. The summed E-state index contributed by atoms with van der Waals surface area (Å²) in [6, 6.07) is 8.83. The van der Waals surface area contributed by atoms with Gasteiger partial charge in [0, 0.05) is 11.1 Å². The molecule has 0 aliphatic carbocycles. The van der Waals surface area contributed by atoms with Crippen LogP contribution in [0.4, 0.5) is 10.5 Å². The largest absolute Gasteiger partial charge is 0.352 e. The number of carbonyl (C=O) groups is 1. The predicted molar refractivity (Wildman–Crippen MR) is 85.7 cm³/mol. The van der Waals surface area contributed by atoms with E-state index in [0.717, 1.165) is 16.6 Å². The fourth-order valence-electron chi connectivity index (χ4n) is 1.81. The number of aryl methyl sites for hydroxylation is 1. The van der Waals surface area contributed by atoms with Gasteiger partial charge in [0.1, 0.15) is 0 Å². The van der Waals surface area contributed by atoms with Crippen LogP contribution in [0.2, 0.25) is 0 Å². The molecule has 0 saturated heterocycles. The zero-order valence-electron chi connectivity index (χ0n) is 13.2. The van der Waals surface area contributed by atoms with Crippen LogP contribution in [0.5, 0.6) is 0 Å². The second-order valence-corrected chi connectivity index (χ2v) is 5.92. The van der Waals surface area contributed by atoms with Gasteiger partial charge in [-0.05, 0) is 45.9 Å². The van der Waals surface area contributed by atoms with Crippen LogP contribution in [0, 0.1) is 6.92 Å². The van der Waals surface area contributed by atoms with Crippen molar-refractivity contribution in [3.8, 4) is 0 Å². The monoisotopic (exact) mass is 303 g/mol. The summed E-state index contributed by atoms with van der Waals surface area (Å²) in [5.41, 5.74) is 6.48. The molecule has 0 spiro atoms. The van der Waals surface area contributed by atoms with Gasteiger partial charge in [-0.2, -0.15) is 0 Å². The zero-order chi connectivity index (χ0) is 16.3. The Kier molecular flexibility index (Phi) is 4.60. The number of urea groups is 1. The summed E-state index contributed by atoms with van der Waals surface area (Å²) >= 11 is 0. The summed E-state index contributed by atoms with van der Waals surface area (Å²) in [7, 11) is 0. The number of rotatable bonds is 3. The number of nitrogens with two attached hydrogens (primary N) is 1. The van der Waals surface area contributed by atoms with E-state index in [2.05, 4.69) is 16.0 Å². The van der Waals surface area contributed by atoms with Crippen molar-refractivity contribution in [2.75, 3.05) is 5.01 Å². The molecule has 1 aromatic carbocycles. The second-order valence-electron chi connectivity index (χ2n) is 5.92. The lowest BCUT2D eigenvalue weighted by Gasteiger charge is -2.27. The van der Waals surface area contributed by atoms with Crippen LogP contribution in [-0.4, -0.2) is 16.6 Å². The Balaban J connectivity index is 2.36. The Morgan fingerprint density at radius 1 is 1.27 bits per heavy atom. The molecule has 0 aliphatic heterocycles. The van der Waals surface area contributed by atoms with Crippen molar-refractivity contribution < 1.29 is 9.63 Å². The first-order valence-electron chi connectivity index (χ1n) is 6.92. The molecular weight excluding hydrogens is 282 g/mol. The molecule has 0 radical (unpaired) electrons. The van der Waals surface area contributed by atoms with Gasteiger partial charge in [0.15, 0.2) is 0 Å². The van der Waals surface area contributed by atoms with E-state index < -0.39 is 11.6 Å². The van der Waals surface area contributed by atoms with Crippen LogP contribution in [0.3, 0.4) is 0 Å². The highest BCUT2D eigenvalue weighted by Crippen LogP contribution is 2.21. The van der Waals surface area contributed by atoms with Gasteiger partial charge in [-0.15, -0.1) is 5.59 Å². The number of nitrogens with one attached hydrogen (secondary N) is 2. The zero-order valence-corrected chi connectivity index (χ0v) is 13.2. The number of pyridine rings is 1. The maximum absolute atomic E-state index is 12.0. The minimum absolute atomic E-state index is 0.473. The first-order chi connectivity index (χ1) is 10.3. The standard InChI is InChI=1S/C15H21N5O2/c1-10-5-6-11-7-8-12(9-13(11)17-10)20(14(21)18-16)19-22-15(2,3)4/h5-9,19H,16H2,1-4H3,(H,18,21). The fourth-order valence-corrected chi connectivity index (χ4v) is 1.81. The van der Waals surface area contributed by atoms with Gasteiger partial charge < -0.3 is 0 Å². The molecule has 22 heavy (non-hydrogen) atoms. The number of fused-ring (bicyclic) bond motifs is 1. The minimum atomic E-state index is -0.545. The van der Waals surface area contributed by atoms with Crippen molar-refractivity contribution in [2.24, 2.45) is 5.84 Å². The highest BCUT2D eigenvalue weighted by molar-refractivity contribution is 5.93. The number of hydrazine groups is 2. The van der Waals surface area contributed by atoms with Crippen molar-refractivity contribution in [2.45, 2.75) is 33.3 Å². The van der Waals surface area contributed by atoms with Crippen LogP contribution < -0.4 is 21.9 Å². The third-order valence-electron chi connectivity index (χ3n) is 2.84. The van der Waals surface area contributed by atoms with E-state index in [-0.39, 0.29) is 0 Å². The maximum Gasteiger partial charge on any atom is 0.352 e. The summed E-state index contributed by atoms with van der Waals surface area (Å²) in [5, 5.41) is 2.17. The SMILES string of the molecule is Cc1ccc2ccc(N(NOC(C)(C)C)C(=O)NN)cc2n1. The highest BCUT2D eigenvalue weighted by atomic mass is 16.7. The van der Waals surface area contributed by atoms with Gasteiger partial charge in [-0.3, -0.25) is 15.2 Å². The molecule has 4 N–H and O–H groups in total. The van der Waals surface area contributed by atoms with Crippen molar-refractivity contribution >= 4 is 22.6 Å². The van der Waals surface area contributed by atoms with E-state index in [4.69, 9.17) is 10.7 Å². The Labute approximate surface area is 129 Å². The van der Waals surface area contributed by atoms with Crippen LogP contribution in [-0.2, 0) is 4.84 Å². The number of hydrogen-bond acceptors (Lipinski definition) is 5. The quantitative estimate of drug-likeness (QED) is 0.459. The first kappa shape index (κ1) is 16.2. The highest BCUT2D eigenvalue weighted by Gasteiger charge is 2.19. The third-order valence-corrected chi connectivity index (χ3v) is 2.84. The number of benzene rings is 1. The number of nitrogens with zero attached hydrogens (tertiary/aromatic N) is 2. The number of amides is 2. The summed E-state index contributed by atoms with van der Waals surface area (Å²) < 4.78 is 0. The van der Waals surface area contributed by atoms with E-state index in [1.165, 1.54) is 5.01 Å². The third kappa shape index (κ3) is 3.91. The molecule has 0 fully saturated rings. The Morgan fingerprint density at radius 3 is 2.59 bits per heavy atom. The van der Waals surface area contributed by atoms with Gasteiger partial charge in [0.2, 0.25) is 0 Å². The van der Waals surface area contributed by atoms with Gasteiger partial charge in [-0.1, -0.05) is 12.1 Å². The summed E-state index contributed by atoms with van der Waals surface area (Å²) in [6.07, 6.45) is 0. The average molecular weight is 303 g/mol. The second kappa shape index (κ2) is 6.27. The smallest absolute Gasteiger partial charge is 0.276 e. The molecule has 2 rings (SSSR count). The Morgan fingerprint density at radius 2 is 1.95 bits per heavy atom. The van der Waals surface area contributed by atoms with E-state index in [9.17, 15) is 4.79 Å². The molecule has 7 nitrogen and oxygen atoms in total. The lowest BCUT2D eigenvalue weighted by Crippen LogP contribution is -2.52. The van der Waals surface area contributed by atoms with E-state index in [1.807, 2.05) is 45.9 Å². The van der Waals surface area contributed by atoms with Crippen LogP contribution in [0.15, 0.2) is 30.3 Å². The van der Waals surface area contributed by atoms with Gasteiger partial charge in [0.05, 0.1) is 16.8 Å². The van der Waals surface area contributed by atoms with E-state index in [1.54, 1.807) is 12.1 Å². The fraction of sp³-hybridized carbons (Fsp3) is 0.333. The molecule has 0 saturated carbocycles. The summed E-state index contributed by atoms with van der Waals surface area (Å²) in [6.45, 7) is 7.51. The number of aromatic nitrogens is 1. The van der Waals surface area contributed by atoms with Gasteiger partial charge in [0.25, 0.3) is 0 Å².